The lowest BCUT2D eigenvalue weighted by atomic mass is 10.1. The monoisotopic (exact) mass is 218 g/mol. The van der Waals surface area contributed by atoms with Gasteiger partial charge in [0, 0.05) is 25.2 Å². The molecule has 0 radical (unpaired) electrons. The standard InChI is InChI=1S/C13H18N2O/c1-11-4-2-5-12(10-11)13(16)15-8-3-6-14-7-9-15/h2,4-5,10,14H,3,6-9H2,1H3. The number of amides is 1. The fourth-order valence-electron chi connectivity index (χ4n) is 2.01. The molecule has 0 atom stereocenters. The first-order valence-electron chi connectivity index (χ1n) is 5.84. The molecule has 0 spiro atoms. The van der Waals surface area contributed by atoms with Crippen molar-refractivity contribution in [2.75, 3.05) is 26.2 Å². The van der Waals surface area contributed by atoms with E-state index in [9.17, 15) is 4.79 Å². The van der Waals surface area contributed by atoms with Crippen LogP contribution in [0, 0.1) is 6.92 Å². The number of aryl methyl sites for hydroxylation is 1. The molecule has 1 aromatic carbocycles. The summed E-state index contributed by atoms with van der Waals surface area (Å²) in [7, 11) is 0. The SMILES string of the molecule is Cc1cccc(C(=O)N2CCCNCC2)c1. The molecule has 0 unspecified atom stereocenters. The quantitative estimate of drug-likeness (QED) is 0.773. The van der Waals surface area contributed by atoms with Gasteiger partial charge < -0.3 is 10.2 Å². The molecule has 0 aliphatic carbocycles. The van der Waals surface area contributed by atoms with Gasteiger partial charge in [-0.25, -0.2) is 0 Å². The van der Waals surface area contributed by atoms with Crippen molar-refractivity contribution in [1.82, 2.24) is 10.2 Å². The van der Waals surface area contributed by atoms with Crippen molar-refractivity contribution in [3.63, 3.8) is 0 Å². The molecule has 1 aromatic rings. The lowest BCUT2D eigenvalue weighted by Gasteiger charge is -2.20. The molecule has 3 nitrogen and oxygen atoms in total. The van der Waals surface area contributed by atoms with Crippen LogP contribution in [0.3, 0.4) is 0 Å². The summed E-state index contributed by atoms with van der Waals surface area (Å²) < 4.78 is 0. The summed E-state index contributed by atoms with van der Waals surface area (Å²) in [6.07, 6.45) is 1.04. The largest absolute Gasteiger partial charge is 0.337 e. The van der Waals surface area contributed by atoms with E-state index >= 15 is 0 Å². The van der Waals surface area contributed by atoms with Crippen LogP contribution in [-0.2, 0) is 0 Å². The van der Waals surface area contributed by atoms with Gasteiger partial charge in [-0.1, -0.05) is 17.7 Å². The highest BCUT2D eigenvalue weighted by Crippen LogP contribution is 2.08. The first kappa shape index (κ1) is 11.1. The number of nitrogens with one attached hydrogen (secondary N) is 1. The van der Waals surface area contributed by atoms with Gasteiger partial charge in [0.25, 0.3) is 5.91 Å². The second kappa shape index (κ2) is 5.12. The third-order valence-electron chi connectivity index (χ3n) is 2.89. The van der Waals surface area contributed by atoms with Crippen molar-refractivity contribution in [1.29, 1.82) is 0 Å². The topological polar surface area (TPSA) is 32.3 Å². The van der Waals surface area contributed by atoms with Crippen molar-refractivity contribution in [3.8, 4) is 0 Å². The van der Waals surface area contributed by atoms with Gasteiger partial charge in [0.15, 0.2) is 0 Å². The summed E-state index contributed by atoms with van der Waals surface area (Å²) in [5.41, 5.74) is 1.95. The maximum absolute atomic E-state index is 12.2. The first-order valence-corrected chi connectivity index (χ1v) is 5.84. The van der Waals surface area contributed by atoms with E-state index < -0.39 is 0 Å². The average molecular weight is 218 g/mol. The third kappa shape index (κ3) is 2.61. The molecule has 2 rings (SSSR count). The molecule has 1 aliphatic rings. The van der Waals surface area contributed by atoms with Crippen LogP contribution in [-0.4, -0.2) is 37.0 Å². The third-order valence-corrected chi connectivity index (χ3v) is 2.89. The first-order chi connectivity index (χ1) is 7.77. The second-order valence-corrected chi connectivity index (χ2v) is 4.27. The van der Waals surface area contributed by atoms with Gasteiger partial charge >= 0.3 is 0 Å². The Hall–Kier alpha value is -1.35. The van der Waals surface area contributed by atoms with Crippen LogP contribution in [0.1, 0.15) is 22.3 Å². The highest BCUT2D eigenvalue weighted by molar-refractivity contribution is 5.94. The van der Waals surface area contributed by atoms with Crippen LogP contribution >= 0.6 is 0 Å². The van der Waals surface area contributed by atoms with Gasteiger partial charge in [0.1, 0.15) is 0 Å². The molecule has 86 valence electrons. The molecule has 1 amide bonds. The Kier molecular flexibility index (Phi) is 3.57. The predicted octanol–water partition coefficient (Wildman–Crippen LogP) is 1.43. The highest BCUT2D eigenvalue weighted by atomic mass is 16.2. The molecule has 1 aliphatic heterocycles. The number of hydrogen-bond donors (Lipinski definition) is 1. The Balaban J connectivity index is 2.11. The Morgan fingerprint density at radius 3 is 3.00 bits per heavy atom. The van der Waals surface area contributed by atoms with Crippen LogP contribution in [0.2, 0.25) is 0 Å². The molecule has 3 heteroatoms. The number of rotatable bonds is 1. The summed E-state index contributed by atoms with van der Waals surface area (Å²) in [4.78, 5) is 14.1. The maximum Gasteiger partial charge on any atom is 0.253 e. The number of hydrogen-bond acceptors (Lipinski definition) is 2. The van der Waals surface area contributed by atoms with Crippen molar-refractivity contribution < 1.29 is 4.79 Å². The Bertz CT molecular complexity index is 368. The molecule has 1 saturated heterocycles. The summed E-state index contributed by atoms with van der Waals surface area (Å²) in [5, 5.41) is 3.30. The van der Waals surface area contributed by atoms with Crippen LogP contribution < -0.4 is 5.32 Å². The normalized spacial score (nSPS) is 16.9. The van der Waals surface area contributed by atoms with Crippen molar-refractivity contribution >= 4 is 5.91 Å². The summed E-state index contributed by atoms with van der Waals surface area (Å²) in [5.74, 6) is 0.160. The minimum Gasteiger partial charge on any atom is -0.337 e. The Morgan fingerprint density at radius 1 is 1.31 bits per heavy atom. The van der Waals surface area contributed by atoms with Gasteiger partial charge in [0.05, 0.1) is 0 Å². The van der Waals surface area contributed by atoms with Crippen LogP contribution in [0.15, 0.2) is 24.3 Å². The lowest BCUT2D eigenvalue weighted by molar-refractivity contribution is 0.0766. The van der Waals surface area contributed by atoms with Crippen molar-refractivity contribution in [2.45, 2.75) is 13.3 Å². The smallest absolute Gasteiger partial charge is 0.253 e. The molecular formula is C13H18N2O. The van der Waals surface area contributed by atoms with Crippen LogP contribution in [0.5, 0.6) is 0 Å². The molecule has 16 heavy (non-hydrogen) atoms. The predicted molar refractivity (Wildman–Crippen MR) is 64.6 cm³/mol. The molecule has 1 heterocycles. The second-order valence-electron chi connectivity index (χ2n) is 4.27. The highest BCUT2D eigenvalue weighted by Gasteiger charge is 2.16. The van der Waals surface area contributed by atoms with Gasteiger partial charge in [-0.2, -0.15) is 0 Å². The zero-order chi connectivity index (χ0) is 11.4. The minimum atomic E-state index is 0.160. The number of carbonyl (C=O) groups is 1. The fraction of sp³-hybridized carbons (Fsp3) is 0.462. The lowest BCUT2D eigenvalue weighted by Crippen LogP contribution is -2.34. The molecule has 1 fully saturated rings. The van der Waals surface area contributed by atoms with E-state index in [2.05, 4.69) is 5.32 Å². The van der Waals surface area contributed by atoms with E-state index in [1.807, 2.05) is 36.1 Å². The number of nitrogens with zero attached hydrogens (tertiary/aromatic N) is 1. The van der Waals surface area contributed by atoms with E-state index in [1.54, 1.807) is 0 Å². The average Bonchev–Trinajstić information content (AvgIpc) is 2.56. The van der Waals surface area contributed by atoms with E-state index in [0.717, 1.165) is 43.7 Å². The van der Waals surface area contributed by atoms with E-state index in [0.29, 0.717) is 0 Å². The zero-order valence-electron chi connectivity index (χ0n) is 9.70. The van der Waals surface area contributed by atoms with Gasteiger partial charge in [-0.05, 0) is 32.0 Å². The number of carbonyl (C=O) groups excluding carboxylic acids is 1. The molecule has 1 N–H and O–H groups in total. The zero-order valence-corrected chi connectivity index (χ0v) is 9.70. The van der Waals surface area contributed by atoms with Crippen molar-refractivity contribution in [3.05, 3.63) is 35.4 Å². The van der Waals surface area contributed by atoms with Crippen LogP contribution in [0.25, 0.3) is 0 Å². The van der Waals surface area contributed by atoms with E-state index in [4.69, 9.17) is 0 Å². The Morgan fingerprint density at radius 2 is 2.19 bits per heavy atom. The van der Waals surface area contributed by atoms with E-state index in [-0.39, 0.29) is 5.91 Å². The molecule has 0 aromatic heterocycles. The van der Waals surface area contributed by atoms with Gasteiger partial charge in [-0.15, -0.1) is 0 Å². The Labute approximate surface area is 96.5 Å². The van der Waals surface area contributed by atoms with E-state index in [1.165, 1.54) is 0 Å². The van der Waals surface area contributed by atoms with Crippen molar-refractivity contribution in [2.24, 2.45) is 0 Å². The summed E-state index contributed by atoms with van der Waals surface area (Å²) in [6, 6.07) is 7.81. The van der Waals surface area contributed by atoms with Crippen LogP contribution in [0.4, 0.5) is 0 Å². The van der Waals surface area contributed by atoms with Gasteiger partial charge in [0.2, 0.25) is 0 Å². The van der Waals surface area contributed by atoms with Gasteiger partial charge in [-0.3, -0.25) is 4.79 Å². The summed E-state index contributed by atoms with van der Waals surface area (Å²) in [6.45, 7) is 5.60. The molecule has 0 bridgehead atoms. The minimum absolute atomic E-state index is 0.160. The molecule has 0 saturated carbocycles. The molecular weight excluding hydrogens is 200 g/mol. The fourth-order valence-corrected chi connectivity index (χ4v) is 2.01. The maximum atomic E-state index is 12.2. The summed E-state index contributed by atoms with van der Waals surface area (Å²) >= 11 is 0. The number of benzene rings is 1.